The second-order valence-electron chi connectivity index (χ2n) is 5.41. The molecule has 6 heteroatoms. The summed E-state index contributed by atoms with van der Waals surface area (Å²) in [5.41, 5.74) is 1.95. The number of carbonyl (C=O) groups excluding carboxylic acids is 2. The zero-order valence-electron chi connectivity index (χ0n) is 15.2. The van der Waals surface area contributed by atoms with Crippen molar-refractivity contribution in [3.63, 3.8) is 0 Å². The Morgan fingerprint density at radius 2 is 1.50 bits per heavy atom. The van der Waals surface area contributed by atoms with Gasteiger partial charge in [0.15, 0.2) is 17.3 Å². The second kappa shape index (κ2) is 8.71. The first-order chi connectivity index (χ1) is 12.5. The summed E-state index contributed by atoms with van der Waals surface area (Å²) in [4.78, 5) is 23.5. The van der Waals surface area contributed by atoms with Crippen molar-refractivity contribution in [2.45, 2.75) is 6.92 Å². The third-order valence-corrected chi connectivity index (χ3v) is 3.61. The lowest BCUT2D eigenvalue weighted by molar-refractivity contribution is -0.114. The van der Waals surface area contributed by atoms with Gasteiger partial charge in [-0.3, -0.25) is 9.59 Å². The SMILES string of the molecule is COc1cc(C(=O)C=Cc2ccc(NC(C)=O)cc2)cc(OC)c1OC. The van der Waals surface area contributed by atoms with Crippen molar-refractivity contribution in [3.05, 3.63) is 53.6 Å². The molecule has 0 aliphatic carbocycles. The van der Waals surface area contributed by atoms with Gasteiger partial charge in [-0.2, -0.15) is 0 Å². The molecule has 0 saturated carbocycles. The highest BCUT2D eigenvalue weighted by Gasteiger charge is 2.15. The topological polar surface area (TPSA) is 73.9 Å². The smallest absolute Gasteiger partial charge is 0.221 e. The highest BCUT2D eigenvalue weighted by molar-refractivity contribution is 6.07. The minimum absolute atomic E-state index is 0.133. The van der Waals surface area contributed by atoms with Crippen LogP contribution >= 0.6 is 0 Å². The van der Waals surface area contributed by atoms with Gasteiger partial charge >= 0.3 is 0 Å². The molecule has 0 fully saturated rings. The van der Waals surface area contributed by atoms with Crippen molar-refractivity contribution in [3.8, 4) is 17.2 Å². The summed E-state index contributed by atoms with van der Waals surface area (Å²) in [5, 5.41) is 2.69. The summed E-state index contributed by atoms with van der Waals surface area (Å²) < 4.78 is 15.8. The maximum Gasteiger partial charge on any atom is 0.221 e. The molecule has 2 aromatic rings. The van der Waals surface area contributed by atoms with E-state index in [1.54, 1.807) is 30.3 Å². The molecular weight excluding hydrogens is 334 g/mol. The minimum Gasteiger partial charge on any atom is -0.493 e. The molecule has 1 N–H and O–H groups in total. The first-order valence-electron chi connectivity index (χ1n) is 7.88. The van der Waals surface area contributed by atoms with Crippen molar-refractivity contribution in [2.24, 2.45) is 0 Å². The van der Waals surface area contributed by atoms with Gasteiger partial charge in [0.1, 0.15) is 0 Å². The van der Waals surface area contributed by atoms with Crippen LogP contribution in [0.1, 0.15) is 22.8 Å². The summed E-state index contributed by atoms with van der Waals surface area (Å²) >= 11 is 0. The van der Waals surface area contributed by atoms with E-state index in [1.165, 1.54) is 34.3 Å². The lowest BCUT2D eigenvalue weighted by Crippen LogP contribution is -2.05. The number of carbonyl (C=O) groups is 2. The van der Waals surface area contributed by atoms with Crippen LogP contribution in [0.5, 0.6) is 17.2 Å². The summed E-state index contributed by atoms with van der Waals surface area (Å²) in [6.45, 7) is 1.45. The molecular formula is C20H21NO5. The van der Waals surface area contributed by atoms with Crippen molar-refractivity contribution >= 4 is 23.5 Å². The number of nitrogens with one attached hydrogen (secondary N) is 1. The normalized spacial score (nSPS) is 10.5. The number of anilines is 1. The van der Waals surface area contributed by atoms with Gasteiger partial charge in [0.05, 0.1) is 21.3 Å². The number of methoxy groups -OCH3 is 3. The van der Waals surface area contributed by atoms with Gasteiger partial charge in [0, 0.05) is 18.2 Å². The molecule has 0 unspecified atom stereocenters. The summed E-state index contributed by atoms with van der Waals surface area (Å²) in [7, 11) is 4.50. The Morgan fingerprint density at radius 1 is 0.923 bits per heavy atom. The van der Waals surface area contributed by atoms with Crippen molar-refractivity contribution < 1.29 is 23.8 Å². The van der Waals surface area contributed by atoms with Crippen LogP contribution in [0.3, 0.4) is 0 Å². The van der Waals surface area contributed by atoms with E-state index in [0.717, 1.165) is 5.56 Å². The molecule has 0 aromatic heterocycles. The number of benzene rings is 2. The number of hydrogen-bond acceptors (Lipinski definition) is 5. The fourth-order valence-corrected chi connectivity index (χ4v) is 2.37. The highest BCUT2D eigenvalue weighted by Crippen LogP contribution is 2.38. The number of rotatable bonds is 7. The predicted octanol–water partition coefficient (Wildman–Crippen LogP) is 3.57. The van der Waals surface area contributed by atoms with Crippen LogP contribution in [0.15, 0.2) is 42.5 Å². The van der Waals surface area contributed by atoms with E-state index in [9.17, 15) is 9.59 Å². The molecule has 2 aromatic carbocycles. The van der Waals surface area contributed by atoms with Crippen LogP contribution in [0.25, 0.3) is 6.08 Å². The molecule has 0 heterocycles. The Labute approximate surface area is 152 Å². The Balaban J connectivity index is 2.21. The molecule has 1 amide bonds. The van der Waals surface area contributed by atoms with Crippen LogP contribution in [0, 0.1) is 0 Å². The number of hydrogen-bond donors (Lipinski definition) is 1. The standard InChI is InChI=1S/C20H21NO5/c1-13(22)21-16-8-5-14(6-9-16)7-10-17(23)15-11-18(24-2)20(26-4)19(12-15)25-3/h5-12H,1-4H3,(H,21,22). The van der Waals surface area contributed by atoms with Gasteiger partial charge in [-0.25, -0.2) is 0 Å². The Morgan fingerprint density at radius 3 is 1.96 bits per heavy atom. The zero-order valence-corrected chi connectivity index (χ0v) is 15.2. The Bertz CT molecular complexity index is 800. The molecule has 136 valence electrons. The molecule has 0 aliphatic heterocycles. The molecule has 0 radical (unpaired) electrons. The van der Waals surface area contributed by atoms with Gasteiger partial charge < -0.3 is 19.5 Å². The van der Waals surface area contributed by atoms with Gasteiger partial charge in [-0.05, 0) is 35.9 Å². The van der Waals surface area contributed by atoms with E-state index < -0.39 is 0 Å². The lowest BCUT2D eigenvalue weighted by atomic mass is 10.1. The molecule has 0 bridgehead atoms. The molecule has 0 atom stereocenters. The first-order valence-corrected chi connectivity index (χ1v) is 7.88. The van der Waals surface area contributed by atoms with Crippen LogP contribution in [-0.4, -0.2) is 33.0 Å². The van der Waals surface area contributed by atoms with Crippen LogP contribution in [-0.2, 0) is 4.79 Å². The summed E-state index contributed by atoms with van der Waals surface area (Å²) in [6.07, 6.45) is 3.16. The monoisotopic (exact) mass is 355 g/mol. The summed E-state index contributed by atoms with van der Waals surface area (Å²) in [6, 6.07) is 10.4. The van der Waals surface area contributed by atoms with Crippen molar-refractivity contribution in [1.29, 1.82) is 0 Å². The van der Waals surface area contributed by atoms with E-state index in [0.29, 0.717) is 28.5 Å². The highest BCUT2D eigenvalue weighted by atomic mass is 16.5. The third-order valence-electron chi connectivity index (χ3n) is 3.61. The fraction of sp³-hybridized carbons (Fsp3) is 0.200. The average molecular weight is 355 g/mol. The van der Waals surface area contributed by atoms with E-state index in [4.69, 9.17) is 14.2 Å². The zero-order chi connectivity index (χ0) is 19.1. The number of allylic oxidation sites excluding steroid dienone is 1. The van der Waals surface area contributed by atoms with Crippen LogP contribution in [0.4, 0.5) is 5.69 Å². The van der Waals surface area contributed by atoms with Gasteiger partial charge in [-0.15, -0.1) is 0 Å². The number of ether oxygens (including phenoxy) is 3. The molecule has 0 saturated heterocycles. The maximum atomic E-state index is 12.5. The van der Waals surface area contributed by atoms with Crippen molar-refractivity contribution in [1.82, 2.24) is 0 Å². The van der Waals surface area contributed by atoms with E-state index in [1.807, 2.05) is 12.1 Å². The minimum atomic E-state index is -0.199. The van der Waals surface area contributed by atoms with Crippen molar-refractivity contribution in [2.75, 3.05) is 26.6 Å². The second-order valence-corrected chi connectivity index (χ2v) is 5.41. The fourth-order valence-electron chi connectivity index (χ4n) is 2.37. The Kier molecular flexibility index (Phi) is 6.38. The van der Waals surface area contributed by atoms with Crippen LogP contribution in [0.2, 0.25) is 0 Å². The predicted molar refractivity (Wildman–Crippen MR) is 100 cm³/mol. The molecule has 2 rings (SSSR count). The summed E-state index contributed by atoms with van der Waals surface area (Å²) in [5.74, 6) is 0.941. The van der Waals surface area contributed by atoms with E-state index >= 15 is 0 Å². The van der Waals surface area contributed by atoms with E-state index in [-0.39, 0.29) is 11.7 Å². The molecule has 0 aliphatic rings. The van der Waals surface area contributed by atoms with Gasteiger partial charge in [0.2, 0.25) is 11.7 Å². The largest absolute Gasteiger partial charge is 0.493 e. The maximum absolute atomic E-state index is 12.5. The van der Waals surface area contributed by atoms with Gasteiger partial charge in [0.25, 0.3) is 0 Å². The molecule has 0 spiro atoms. The quantitative estimate of drug-likeness (QED) is 0.607. The Hall–Kier alpha value is -3.28. The number of amides is 1. The molecule has 6 nitrogen and oxygen atoms in total. The van der Waals surface area contributed by atoms with Gasteiger partial charge in [-0.1, -0.05) is 18.2 Å². The molecule has 26 heavy (non-hydrogen) atoms. The van der Waals surface area contributed by atoms with E-state index in [2.05, 4.69) is 5.32 Å². The third kappa shape index (κ3) is 4.63. The number of ketones is 1. The van der Waals surface area contributed by atoms with Crippen LogP contribution < -0.4 is 19.5 Å². The average Bonchev–Trinajstić information content (AvgIpc) is 2.65. The first kappa shape index (κ1) is 19.1. The lowest BCUT2D eigenvalue weighted by Gasteiger charge is -2.13.